The number of rotatable bonds is 5. The first-order valence-corrected chi connectivity index (χ1v) is 12.6. The number of fused-ring (bicyclic) bond motifs is 1. The quantitative estimate of drug-likeness (QED) is 0.438. The van der Waals surface area contributed by atoms with Gasteiger partial charge in [-0.2, -0.15) is 0 Å². The molecule has 3 aromatic rings. The molecule has 5 rings (SSSR count). The van der Waals surface area contributed by atoms with E-state index in [-0.39, 0.29) is 24.5 Å². The van der Waals surface area contributed by atoms with E-state index < -0.39 is 11.3 Å². The molecule has 0 bridgehead atoms. The highest BCUT2D eigenvalue weighted by Crippen LogP contribution is 2.49. The monoisotopic (exact) mass is 499 g/mol. The summed E-state index contributed by atoms with van der Waals surface area (Å²) in [5.41, 5.74) is 3.78. The van der Waals surface area contributed by atoms with E-state index in [1.54, 1.807) is 0 Å². The van der Waals surface area contributed by atoms with Gasteiger partial charge in [0.25, 0.3) is 5.91 Å². The number of hydrogen-bond acceptors (Lipinski definition) is 4. The molecule has 7 heteroatoms. The Morgan fingerprint density at radius 2 is 1.78 bits per heavy atom. The molecule has 7 nitrogen and oxygen atoms in total. The lowest BCUT2D eigenvalue weighted by molar-refractivity contribution is -0.118. The van der Waals surface area contributed by atoms with Crippen LogP contribution in [0.1, 0.15) is 54.9 Å². The van der Waals surface area contributed by atoms with Crippen LogP contribution in [0.5, 0.6) is 11.5 Å². The molecule has 3 N–H and O–H groups in total. The van der Waals surface area contributed by atoms with Crippen molar-refractivity contribution in [3.8, 4) is 11.5 Å². The molecule has 2 aliphatic rings. The highest BCUT2D eigenvalue weighted by molar-refractivity contribution is 5.91. The Morgan fingerprint density at radius 3 is 2.49 bits per heavy atom. The Labute approximate surface area is 217 Å². The first kappa shape index (κ1) is 24.7. The van der Waals surface area contributed by atoms with Crippen LogP contribution in [0.2, 0.25) is 0 Å². The van der Waals surface area contributed by atoms with Crippen molar-refractivity contribution in [1.29, 1.82) is 0 Å². The van der Waals surface area contributed by atoms with Gasteiger partial charge in [-0.05, 0) is 57.0 Å². The van der Waals surface area contributed by atoms with Crippen molar-refractivity contribution in [3.63, 3.8) is 0 Å². The van der Waals surface area contributed by atoms with Crippen molar-refractivity contribution in [1.82, 2.24) is 10.6 Å². The molecule has 1 spiro atoms. The molecule has 3 aromatic carbocycles. The van der Waals surface area contributed by atoms with Crippen LogP contribution in [0.4, 0.5) is 10.5 Å². The van der Waals surface area contributed by atoms with Gasteiger partial charge in [0.1, 0.15) is 11.5 Å². The molecule has 0 unspecified atom stereocenters. The van der Waals surface area contributed by atoms with E-state index in [0.717, 1.165) is 27.9 Å². The third kappa shape index (κ3) is 5.40. The van der Waals surface area contributed by atoms with Crippen LogP contribution in [0.15, 0.2) is 66.7 Å². The molecule has 0 aliphatic carbocycles. The van der Waals surface area contributed by atoms with E-state index in [4.69, 9.17) is 9.47 Å². The summed E-state index contributed by atoms with van der Waals surface area (Å²) in [6.07, 6.45) is 1.21. The molecule has 2 atom stereocenters. The van der Waals surface area contributed by atoms with Crippen molar-refractivity contribution in [2.75, 3.05) is 11.9 Å². The summed E-state index contributed by atoms with van der Waals surface area (Å²) in [5.74, 6) is 0.981. The van der Waals surface area contributed by atoms with Gasteiger partial charge in [-0.15, -0.1) is 0 Å². The van der Waals surface area contributed by atoms with Gasteiger partial charge < -0.3 is 25.4 Å². The maximum atomic E-state index is 12.6. The lowest BCUT2D eigenvalue weighted by atomic mass is 9.76. The minimum absolute atomic E-state index is 0.0260. The number of benzene rings is 3. The third-order valence-electron chi connectivity index (χ3n) is 6.94. The Bertz CT molecular complexity index is 1320. The first-order chi connectivity index (χ1) is 17.6. The lowest BCUT2D eigenvalue weighted by Crippen LogP contribution is -2.69. The molecule has 1 saturated heterocycles. The van der Waals surface area contributed by atoms with E-state index in [9.17, 15) is 9.59 Å². The standard InChI is InChI=1S/C30H33N3O4/c1-19-10-12-22(13-11-19)31-26(34)17-36-23-14-20(2)27-24(21-8-6-5-7-9-21)16-30(37-25(27)15-23)18-29(3,4)32-28(35)33-30/h5-15,24H,16-18H2,1-4H3,(H,31,34)(H2,32,33,35)/t24-,30+/m0/s1. The van der Waals surface area contributed by atoms with Gasteiger partial charge in [0.15, 0.2) is 12.3 Å². The molecule has 0 aromatic heterocycles. The summed E-state index contributed by atoms with van der Waals surface area (Å²) in [4.78, 5) is 25.1. The summed E-state index contributed by atoms with van der Waals surface area (Å²) < 4.78 is 12.5. The number of nitrogens with one attached hydrogen (secondary N) is 3. The Hall–Kier alpha value is -4.00. The summed E-state index contributed by atoms with van der Waals surface area (Å²) in [5, 5.41) is 8.91. The fourth-order valence-electron chi connectivity index (χ4n) is 5.52. The second-order valence-corrected chi connectivity index (χ2v) is 10.8. The van der Waals surface area contributed by atoms with Crippen LogP contribution in [-0.2, 0) is 4.79 Å². The SMILES string of the molecule is Cc1ccc(NC(=O)COc2cc(C)c3c(c2)O[C@]2(C[C@H]3c3ccccc3)CC(C)(C)NC(=O)N2)cc1. The second kappa shape index (κ2) is 9.47. The van der Waals surface area contributed by atoms with Gasteiger partial charge in [-0.1, -0.05) is 48.0 Å². The van der Waals surface area contributed by atoms with E-state index in [0.29, 0.717) is 24.3 Å². The number of aryl methyl sites for hydroxylation is 2. The van der Waals surface area contributed by atoms with Crippen LogP contribution in [0.25, 0.3) is 0 Å². The average molecular weight is 500 g/mol. The van der Waals surface area contributed by atoms with Crippen LogP contribution in [-0.4, -0.2) is 29.8 Å². The van der Waals surface area contributed by atoms with Crippen molar-refractivity contribution in [3.05, 3.63) is 89.0 Å². The zero-order valence-electron chi connectivity index (χ0n) is 21.7. The Morgan fingerprint density at radius 1 is 1.05 bits per heavy atom. The largest absolute Gasteiger partial charge is 0.484 e. The van der Waals surface area contributed by atoms with Gasteiger partial charge in [0.2, 0.25) is 0 Å². The molecule has 2 aliphatic heterocycles. The molecule has 2 heterocycles. The van der Waals surface area contributed by atoms with Crippen LogP contribution < -0.4 is 25.4 Å². The van der Waals surface area contributed by atoms with Gasteiger partial charge >= 0.3 is 6.03 Å². The van der Waals surface area contributed by atoms with Crippen molar-refractivity contribution in [2.45, 2.75) is 57.7 Å². The summed E-state index contributed by atoms with van der Waals surface area (Å²) >= 11 is 0. The zero-order chi connectivity index (χ0) is 26.2. The molecule has 0 radical (unpaired) electrons. The minimum Gasteiger partial charge on any atom is -0.484 e. The highest BCUT2D eigenvalue weighted by atomic mass is 16.5. The predicted molar refractivity (Wildman–Crippen MR) is 143 cm³/mol. The number of carbonyl (C=O) groups excluding carboxylic acids is 2. The summed E-state index contributed by atoms with van der Waals surface area (Å²) in [6, 6.07) is 21.4. The maximum absolute atomic E-state index is 12.6. The van der Waals surface area contributed by atoms with Gasteiger partial charge in [0, 0.05) is 41.6 Å². The van der Waals surface area contributed by atoms with Crippen LogP contribution >= 0.6 is 0 Å². The minimum atomic E-state index is -0.868. The Kier molecular flexibility index (Phi) is 6.31. The average Bonchev–Trinajstić information content (AvgIpc) is 2.82. The second-order valence-electron chi connectivity index (χ2n) is 10.8. The van der Waals surface area contributed by atoms with Crippen molar-refractivity contribution >= 4 is 17.6 Å². The van der Waals surface area contributed by atoms with Crippen LogP contribution in [0.3, 0.4) is 0 Å². The number of carbonyl (C=O) groups is 2. The van der Waals surface area contributed by atoms with E-state index >= 15 is 0 Å². The molecular weight excluding hydrogens is 466 g/mol. The molecule has 37 heavy (non-hydrogen) atoms. The molecule has 192 valence electrons. The molecule has 1 fully saturated rings. The summed E-state index contributed by atoms with van der Waals surface area (Å²) in [7, 11) is 0. The van der Waals surface area contributed by atoms with E-state index in [2.05, 4.69) is 28.1 Å². The number of hydrogen-bond donors (Lipinski definition) is 3. The fourth-order valence-corrected chi connectivity index (χ4v) is 5.52. The van der Waals surface area contributed by atoms with Gasteiger partial charge in [0.05, 0.1) is 0 Å². The number of urea groups is 1. The molecule has 0 saturated carbocycles. The van der Waals surface area contributed by atoms with Crippen LogP contribution in [0, 0.1) is 13.8 Å². The van der Waals surface area contributed by atoms with Gasteiger partial charge in [-0.3, -0.25) is 4.79 Å². The first-order valence-electron chi connectivity index (χ1n) is 12.6. The summed E-state index contributed by atoms with van der Waals surface area (Å²) in [6.45, 7) is 7.90. The molecule has 3 amide bonds. The fraction of sp³-hybridized carbons (Fsp3) is 0.333. The number of amides is 3. The van der Waals surface area contributed by atoms with E-state index in [1.807, 2.05) is 82.3 Å². The zero-order valence-corrected chi connectivity index (χ0v) is 21.7. The topological polar surface area (TPSA) is 88.7 Å². The lowest BCUT2D eigenvalue weighted by Gasteiger charge is -2.49. The van der Waals surface area contributed by atoms with Gasteiger partial charge in [-0.25, -0.2) is 4.79 Å². The van der Waals surface area contributed by atoms with E-state index in [1.165, 1.54) is 0 Å². The molecular formula is C30H33N3O4. The normalized spacial score (nSPS) is 21.7. The number of anilines is 1. The smallest absolute Gasteiger partial charge is 0.318 e. The third-order valence-corrected chi connectivity index (χ3v) is 6.94. The maximum Gasteiger partial charge on any atom is 0.318 e. The number of ether oxygens (including phenoxy) is 2. The predicted octanol–water partition coefficient (Wildman–Crippen LogP) is 5.41. The Balaban J connectivity index is 1.43. The van der Waals surface area contributed by atoms with Crippen molar-refractivity contribution in [2.24, 2.45) is 0 Å². The van der Waals surface area contributed by atoms with Crippen molar-refractivity contribution < 1.29 is 19.1 Å². The highest BCUT2D eigenvalue weighted by Gasteiger charge is 2.50.